The van der Waals surface area contributed by atoms with Gasteiger partial charge in [0.25, 0.3) is 0 Å². The molecule has 0 aromatic rings. The van der Waals surface area contributed by atoms with Crippen LogP contribution >= 0.6 is 0 Å². The van der Waals surface area contributed by atoms with Crippen molar-refractivity contribution in [2.75, 3.05) is 6.54 Å². The average molecular weight is 144 g/mol. The summed E-state index contributed by atoms with van der Waals surface area (Å²) in [7, 11) is 0. The van der Waals surface area contributed by atoms with Crippen molar-refractivity contribution >= 4 is 5.91 Å². The number of amides is 1. The van der Waals surface area contributed by atoms with Crippen LogP contribution in [-0.2, 0) is 4.79 Å². The maximum atomic E-state index is 11.0. The SMILES string of the molecule is CC(C)NC(=O)C(C)CN. The van der Waals surface area contributed by atoms with E-state index < -0.39 is 0 Å². The van der Waals surface area contributed by atoms with E-state index in [0.29, 0.717) is 6.54 Å². The summed E-state index contributed by atoms with van der Waals surface area (Å²) in [6, 6.07) is 0.210. The second-order valence-electron chi connectivity index (χ2n) is 2.80. The minimum Gasteiger partial charge on any atom is -0.354 e. The molecular formula is C7H16N2O. The van der Waals surface area contributed by atoms with E-state index in [0.717, 1.165) is 0 Å². The van der Waals surface area contributed by atoms with Crippen LogP contribution in [0.2, 0.25) is 0 Å². The Kier molecular flexibility index (Phi) is 4.03. The highest BCUT2D eigenvalue weighted by Gasteiger charge is 2.10. The maximum Gasteiger partial charge on any atom is 0.224 e. The summed E-state index contributed by atoms with van der Waals surface area (Å²) in [4.78, 5) is 11.0. The molecule has 1 amide bonds. The zero-order valence-corrected chi connectivity index (χ0v) is 6.85. The van der Waals surface area contributed by atoms with Gasteiger partial charge in [-0.3, -0.25) is 4.79 Å². The third-order valence-electron chi connectivity index (χ3n) is 1.23. The number of nitrogens with one attached hydrogen (secondary N) is 1. The quantitative estimate of drug-likeness (QED) is 0.590. The number of carbonyl (C=O) groups excluding carboxylic acids is 1. The van der Waals surface area contributed by atoms with Crippen LogP contribution in [0.3, 0.4) is 0 Å². The molecule has 0 bridgehead atoms. The molecular weight excluding hydrogens is 128 g/mol. The predicted molar refractivity (Wildman–Crippen MR) is 41.5 cm³/mol. The van der Waals surface area contributed by atoms with Gasteiger partial charge in [0, 0.05) is 18.5 Å². The van der Waals surface area contributed by atoms with Crippen LogP contribution in [0, 0.1) is 5.92 Å². The van der Waals surface area contributed by atoms with E-state index >= 15 is 0 Å². The van der Waals surface area contributed by atoms with Gasteiger partial charge in [0.1, 0.15) is 0 Å². The molecule has 0 aliphatic carbocycles. The Bertz CT molecular complexity index is 112. The van der Waals surface area contributed by atoms with Crippen molar-refractivity contribution in [1.82, 2.24) is 5.32 Å². The van der Waals surface area contributed by atoms with E-state index in [2.05, 4.69) is 5.32 Å². The molecule has 0 spiro atoms. The van der Waals surface area contributed by atoms with E-state index in [1.54, 1.807) is 0 Å². The summed E-state index contributed by atoms with van der Waals surface area (Å²) in [5.74, 6) is -0.0279. The molecule has 0 aromatic carbocycles. The van der Waals surface area contributed by atoms with Crippen LogP contribution in [0.15, 0.2) is 0 Å². The molecule has 3 nitrogen and oxygen atoms in total. The Morgan fingerprint density at radius 1 is 1.50 bits per heavy atom. The van der Waals surface area contributed by atoms with Crippen LogP contribution in [0.5, 0.6) is 0 Å². The summed E-state index contributed by atoms with van der Waals surface area (Å²) in [6.45, 7) is 6.10. The van der Waals surface area contributed by atoms with Crippen LogP contribution in [0.25, 0.3) is 0 Å². The Hall–Kier alpha value is -0.570. The molecule has 3 heteroatoms. The van der Waals surface area contributed by atoms with Gasteiger partial charge in [-0.1, -0.05) is 6.92 Å². The van der Waals surface area contributed by atoms with Gasteiger partial charge in [0.15, 0.2) is 0 Å². The monoisotopic (exact) mass is 144 g/mol. The summed E-state index contributed by atoms with van der Waals surface area (Å²) in [5, 5.41) is 2.77. The third-order valence-corrected chi connectivity index (χ3v) is 1.23. The molecule has 0 aliphatic rings. The van der Waals surface area contributed by atoms with Crippen LogP contribution in [0.4, 0.5) is 0 Å². The first-order valence-corrected chi connectivity index (χ1v) is 3.58. The number of nitrogens with two attached hydrogens (primary N) is 1. The largest absolute Gasteiger partial charge is 0.354 e. The molecule has 0 aliphatic heterocycles. The van der Waals surface area contributed by atoms with Crippen molar-refractivity contribution in [1.29, 1.82) is 0 Å². The molecule has 60 valence electrons. The first-order chi connectivity index (χ1) is 4.57. The predicted octanol–water partition coefficient (Wildman–Crippen LogP) is 0.106. The van der Waals surface area contributed by atoms with Crippen molar-refractivity contribution in [2.45, 2.75) is 26.8 Å². The lowest BCUT2D eigenvalue weighted by molar-refractivity contribution is -0.124. The second-order valence-corrected chi connectivity index (χ2v) is 2.80. The molecule has 0 rings (SSSR count). The lowest BCUT2D eigenvalue weighted by atomic mass is 10.1. The zero-order chi connectivity index (χ0) is 8.15. The first kappa shape index (κ1) is 9.43. The summed E-state index contributed by atoms with van der Waals surface area (Å²) in [6.07, 6.45) is 0. The molecule has 1 atom stereocenters. The van der Waals surface area contributed by atoms with Gasteiger partial charge in [0.2, 0.25) is 5.91 Å². The van der Waals surface area contributed by atoms with Crippen molar-refractivity contribution < 1.29 is 4.79 Å². The number of hydrogen-bond donors (Lipinski definition) is 2. The highest BCUT2D eigenvalue weighted by molar-refractivity contribution is 5.78. The van der Waals surface area contributed by atoms with E-state index in [1.807, 2.05) is 20.8 Å². The standard InChI is InChI=1S/C7H16N2O/c1-5(2)9-7(10)6(3)4-8/h5-6H,4,8H2,1-3H3,(H,9,10). The first-order valence-electron chi connectivity index (χ1n) is 3.58. The van der Waals surface area contributed by atoms with Gasteiger partial charge in [-0.05, 0) is 13.8 Å². The molecule has 0 heterocycles. The number of hydrogen-bond acceptors (Lipinski definition) is 2. The van der Waals surface area contributed by atoms with Crippen LogP contribution in [0.1, 0.15) is 20.8 Å². The summed E-state index contributed by atoms with van der Waals surface area (Å²) < 4.78 is 0. The lowest BCUT2D eigenvalue weighted by Crippen LogP contribution is -2.37. The Labute approximate surface area is 62.0 Å². The van der Waals surface area contributed by atoms with Gasteiger partial charge in [-0.25, -0.2) is 0 Å². The van der Waals surface area contributed by atoms with Crippen LogP contribution in [-0.4, -0.2) is 18.5 Å². The topological polar surface area (TPSA) is 55.1 Å². The number of rotatable bonds is 3. The van der Waals surface area contributed by atoms with E-state index in [1.165, 1.54) is 0 Å². The van der Waals surface area contributed by atoms with Gasteiger partial charge in [0.05, 0.1) is 0 Å². The van der Waals surface area contributed by atoms with Crippen LogP contribution < -0.4 is 11.1 Å². The maximum absolute atomic E-state index is 11.0. The molecule has 0 saturated heterocycles. The molecule has 10 heavy (non-hydrogen) atoms. The lowest BCUT2D eigenvalue weighted by Gasteiger charge is -2.11. The third kappa shape index (κ3) is 3.45. The smallest absolute Gasteiger partial charge is 0.224 e. The zero-order valence-electron chi connectivity index (χ0n) is 6.85. The van der Waals surface area contributed by atoms with Crippen molar-refractivity contribution in [3.63, 3.8) is 0 Å². The van der Waals surface area contributed by atoms with Crippen molar-refractivity contribution in [3.8, 4) is 0 Å². The second kappa shape index (κ2) is 4.28. The summed E-state index contributed by atoms with van der Waals surface area (Å²) in [5.41, 5.74) is 5.29. The van der Waals surface area contributed by atoms with E-state index in [-0.39, 0.29) is 17.9 Å². The fraction of sp³-hybridized carbons (Fsp3) is 0.857. The fourth-order valence-corrected chi connectivity index (χ4v) is 0.534. The highest BCUT2D eigenvalue weighted by Crippen LogP contribution is 1.91. The Balaban J connectivity index is 3.62. The van der Waals surface area contributed by atoms with Gasteiger partial charge < -0.3 is 11.1 Å². The normalized spacial score (nSPS) is 13.3. The molecule has 0 saturated carbocycles. The van der Waals surface area contributed by atoms with Gasteiger partial charge in [-0.2, -0.15) is 0 Å². The van der Waals surface area contributed by atoms with E-state index in [4.69, 9.17) is 5.73 Å². The number of carbonyl (C=O) groups is 1. The molecule has 0 aromatic heterocycles. The molecule has 3 N–H and O–H groups in total. The van der Waals surface area contributed by atoms with E-state index in [9.17, 15) is 4.79 Å². The molecule has 1 unspecified atom stereocenters. The van der Waals surface area contributed by atoms with Gasteiger partial charge in [-0.15, -0.1) is 0 Å². The minimum absolute atomic E-state index is 0.0394. The fourth-order valence-electron chi connectivity index (χ4n) is 0.534. The van der Waals surface area contributed by atoms with Gasteiger partial charge >= 0.3 is 0 Å². The molecule has 0 radical (unpaired) electrons. The average Bonchev–Trinajstić information content (AvgIpc) is 1.85. The Morgan fingerprint density at radius 3 is 2.30 bits per heavy atom. The van der Waals surface area contributed by atoms with Crippen molar-refractivity contribution in [3.05, 3.63) is 0 Å². The minimum atomic E-state index is -0.0672. The Morgan fingerprint density at radius 2 is 2.00 bits per heavy atom. The van der Waals surface area contributed by atoms with Crippen molar-refractivity contribution in [2.24, 2.45) is 11.7 Å². The highest BCUT2D eigenvalue weighted by atomic mass is 16.1. The summed E-state index contributed by atoms with van der Waals surface area (Å²) >= 11 is 0. The molecule has 0 fully saturated rings.